The van der Waals surface area contributed by atoms with Gasteiger partial charge in [-0.1, -0.05) is 24.3 Å². The molecule has 0 radical (unpaired) electrons. The highest BCUT2D eigenvalue weighted by Gasteiger charge is 2.17. The number of hydrogen-bond acceptors (Lipinski definition) is 8. The molecule has 0 bridgehead atoms. The second-order valence-corrected chi connectivity index (χ2v) is 6.63. The lowest BCUT2D eigenvalue weighted by Crippen LogP contribution is -1.93. The van der Waals surface area contributed by atoms with Crippen molar-refractivity contribution in [3.05, 3.63) is 93.0 Å². The normalized spacial score (nSPS) is 10.6. The molecule has 0 spiro atoms. The SMILES string of the molecule is O=[N+]([O-])c1cc(Oc2ccc(Oc3ccc(O)c([N+](=O)[O-])c3)c3ccccc23)ccc1O. The maximum absolute atomic E-state index is 11.1. The molecule has 10 heteroatoms. The molecule has 10 nitrogen and oxygen atoms in total. The molecule has 0 saturated heterocycles. The Kier molecular flexibility index (Phi) is 5.17. The van der Waals surface area contributed by atoms with Crippen molar-refractivity contribution in [1.82, 2.24) is 0 Å². The third-order valence-corrected chi connectivity index (χ3v) is 4.59. The number of nitro groups is 2. The minimum Gasteiger partial charge on any atom is -0.502 e. The topological polar surface area (TPSA) is 145 Å². The molecule has 4 aromatic rings. The monoisotopic (exact) mass is 434 g/mol. The quantitative estimate of drug-likeness (QED) is 0.292. The number of aromatic hydroxyl groups is 2. The second-order valence-electron chi connectivity index (χ2n) is 6.63. The highest BCUT2D eigenvalue weighted by atomic mass is 16.6. The van der Waals surface area contributed by atoms with Gasteiger partial charge in [-0.05, 0) is 36.4 Å². The van der Waals surface area contributed by atoms with Crippen LogP contribution in [0.2, 0.25) is 0 Å². The number of rotatable bonds is 6. The molecule has 160 valence electrons. The number of nitrogens with zero attached hydrogens (tertiary/aromatic N) is 2. The summed E-state index contributed by atoms with van der Waals surface area (Å²) in [4.78, 5) is 20.7. The first-order valence-electron chi connectivity index (χ1n) is 9.16. The summed E-state index contributed by atoms with van der Waals surface area (Å²) >= 11 is 0. The van der Waals surface area contributed by atoms with Gasteiger partial charge in [-0.3, -0.25) is 20.2 Å². The van der Waals surface area contributed by atoms with Crippen molar-refractivity contribution < 1.29 is 29.5 Å². The molecule has 0 aliphatic heterocycles. The average Bonchev–Trinajstić information content (AvgIpc) is 2.77. The predicted octanol–water partition coefficient (Wildman–Crippen LogP) is 5.65. The number of phenolic OH excluding ortho intramolecular Hbond substituents is 2. The van der Waals surface area contributed by atoms with Gasteiger partial charge in [0.05, 0.1) is 22.0 Å². The van der Waals surface area contributed by atoms with Crippen LogP contribution in [0.15, 0.2) is 72.8 Å². The summed E-state index contributed by atoms with van der Waals surface area (Å²) in [6.07, 6.45) is 0. The molecular weight excluding hydrogens is 420 g/mol. The second kappa shape index (κ2) is 8.11. The van der Waals surface area contributed by atoms with Crippen LogP contribution in [-0.4, -0.2) is 20.1 Å². The van der Waals surface area contributed by atoms with E-state index in [-0.39, 0.29) is 11.5 Å². The first-order valence-corrected chi connectivity index (χ1v) is 9.16. The van der Waals surface area contributed by atoms with Crippen LogP contribution in [0.1, 0.15) is 0 Å². The van der Waals surface area contributed by atoms with Crippen molar-refractivity contribution in [2.75, 3.05) is 0 Å². The van der Waals surface area contributed by atoms with Gasteiger partial charge < -0.3 is 19.7 Å². The van der Waals surface area contributed by atoms with Crippen LogP contribution < -0.4 is 9.47 Å². The zero-order chi connectivity index (χ0) is 22.8. The van der Waals surface area contributed by atoms with Crippen LogP contribution in [-0.2, 0) is 0 Å². The molecule has 32 heavy (non-hydrogen) atoms. The van der Waals surface area contributed by atoms with Crippen molar-refractivity contribution in [2.24, 2.45) is 0 Å². The van der Waals surface area contributed by atoms with E-state index in [9.17, 15) is 30.4 Å². The van der Waals surface area contributed by atoms with Gasteiger partial charge in [0, 0.05) is 10.8 Å². The molecule has 4 rings (SSSR count). The van der Waals surface area contributed by atoms with Crippen LogP contribution in [0.5, 0.6) is 34.5 Å². The number of phenols is 2. The minimum absolute atomic E-state index is 0.155. The largest absolute Gasteiger partial charge is 0.502 e. The minimum atomic E-state index is -0.714. The fourth-order valence-corrected chi connectivity index (χ4v) is 3.10. The van der Waals surface area contributed by atoms with E-state index < -0.39 is 32.7 Å². The van der Waals surface area contributed by atoms with Gasteiger partial charge in [0.15, 0.2) is 11.5 Å². The molecule has 0 fully saturated rings. The molecule has 0 aromatic heterocycles. The first-order chi connectivity index (χ1) is 15.3. The van der Waals surface area contributed by atoms with Gasteiger partial charge in [0.2, 0.25) is 0 Å². The van der Waals surface area contributed by atoms with E-state index in [2.05, 4.69) is 0 Å². The Morgan fingerprint density at radius 1 is 0.625 bits per heavy atom. The highest BCUT2D eigenvalue weighted by molar-refractivity contribution is 5.93. The predicted molar refractivity (Wildman–Crippen MR) is 114 cm³/mol. The summed E-state index contributed by atoms with van der Waals surface area (Å²) in [7, 11) is 0. The van der Waals surface area contributed by atoms with Crippen LogP contribution in [0.4, 0.5) is 11.4 Å². The summed E-state index contributed by atoms with van der Waals surface area (Å²) < 4.78 is 11.6. The molecule has 0 saturated carbocycles. The van der Waals surface area contributed by atoms with Crippen LogP contribution in [0.3, 0.4) is 0 Å². The summed E-state index contributed by atoms with van der Waals surface area (Å²) in [6, 6.07) is 17.6. The molecule has 0 heterocycles. The molecule has 0 aliphatic carbocycles. The van der Waals surface area contributed by atoms with Crippen molar-refractivity contribution in [2.45, 2.75) is 0 Å². The van der Waals surface area contributed by atoms with Crippen molar-refractivity contribution in [3.63, 3.8) is 0 Å². The smallest absolute Gasteiger partial charge is 0.314 e. The summed E-state index contributed by atoms with van der Waals surface area (Å²) in [5.41, 5.74) is -0.971. The van der Waals surface area contributed by atoms with E-state index in [4.69, 9.17) is 9.47 Å². The van der Waals surface area contributed by atoms with Gasteiger partial charge in [-0.25, -0.2) is 0 Å². The number of benzene rings is 4. The lowest BCUT2D eigenvalue weighted by Gasteiger charge is -2.13. The Balaban J connectivity index is 1.71. The maximum atomic E-state index is 11.1. The summed E-state index contributed by atoms with van der Waals surface area (Å²) in [6.45, 7) is 0. The fraction of sp³-hybridized carbons (Fsp3) is 0. The van der Waals surface area contributed by atoms with E-state index in [1.807, 2.05) is 0 Å². The number of ether oxygens (including phenoxy) is 2. The zero-order valence-corrected chi connectivity index (χ0v) is 16.2. The van der Waals surface area contributed by atoms with Crippen molar-refractivity contribution >= 4 is 22.1 Å². The Hall–Kier alpha value is -4.86. The van der Waals surface area contributed by atoms with Crippen molar-refractivity contribution in [3.8, 4) is 34.5 Å². The van der Waals surface area contributed by atoms with Gasteiger partial charge in [-0.15, -0.1) is 0 Å². The van der Waals surface area contributed by atoms with E-state index in [0.29, 0.717) is 22.3 Å². The Labute approximate surface area is 179 Å². The standard InChI is InChI=1S/C22H14N2O8/c25-19-7-5-13(11-17(19)23(27)28)31-21-9-10-22(16-4-2-1-3-15(16)21)32-14-6-8-20(26)18(12-14)24(29)30/h1-12,25-26H. The fourth-order valence-electron chi connectivity index (χ4n) is 3.10. The molecule has 4 aromatic carbocycles. The lowest BCUT2D eigenvalue weighted by atomic mass is 10.1. The molecule has 0 atom stereocenters. The zero-order valence-electron chi connectivity index (χ0n) is 16.2. The Morgan fingerprint density at radius 2 is 1.03 bits per heavy atom. The molecule has 0 aliphatic rings. The van der Waals surface area contributed by atoms with E-state index in [0.717, 1.165) is 12.1 Å². The molecule has 2 N–H and O–H groups in total. The van der Waals surface area contributed by atoms with Gasteiger partial charge in [-0.2, -0.15) is 0 Å². The Morgan fingerprint density at radius 3 is 1.41 bits per heavy atom. The van der Waals surface area contributed by atoms with Gasteiger partial charge in [0.1, 0.15) is 23.0 Å². The van der Waals surface area contributed by atoms with Crippen LogP contribution in [0, 0.1) is 20.2 Å². The van der Waals surface area contributed by atoms with Crippen LogP contribution >= 0.6 is 0 Å². The van der Waals surface area contributed by atoms with Gasteiger partial charge in [0.25, 0.3) is 0 Å². The number of fused-ring (bicyclic) bond motifs is 1. The molecule has 0 amide bonds. The van der Waals surface area contributed by atoms with Crippen molar-refractivity contribution in [1.29, 1.82) is 0 Å². The maximum Gasteiger partial charge on any atom is 0.314 e. The van der Waals surface area contributed by atoms with Gasteiger partial charge >= 0.3 is 11.4 Å². The van der Waals surface area contributed by atoms with E-state index >= 15 is 0 Å². The number of hydrogen-bond donors (Lipinski definition) is 2. The van der Waals surface area contributed by atoms with E-state index in [1.54, 1.807) is 36.4 Å². The highest BCUT2D eigenvalue weighted by Crippen LogP contribution is 2.40. The average molecular weight is 434 g/mol. The van der Waals surface area contributed by atoms with Crippen LogP contribution in [0.25, 0.3) is 10.8 Å². The summed E-state index contributed by atoms with van der Waals surface area (Å²) in [5, 5.41) is 42.6. The third kappa shape index (κ3) is 3.92. The first kappa shape index (κ1) is 20.4. The Bertz CT molecular complexity index is 1270. The lowest BCUT2D eigenvalue weighted by molar-refractivity contribution is -0.386. The molecular formula is C22H14N2O8. The third-order valence-electron chi connectivity index (χ3n) is 4.59. The van der Waals surface area contributed by atoms with E-state index in [1.165, 1.54) is 24.3 Å². The molecule has 0 unspecified atom stereocenters. The summed E-state index contributed by atoms with van der Waals surface area (Å²) in [5.74, 6) is 0.122. The number of nitro benzene ring substituents is 2.